The molecule has 6 nitrogen and oxygen atoms in total. The SMILES string of the molecule is NC(=O)c1nocc1C1CC(n2ccnc2)C1. The third kappa shape index (κ3) is 1.61. The molecule has 2 aromatic rings. The van der Waals surface area contributed by atoms with Gasteiger partial charge in [-0.15, -0.1) is 0 Å². The van der Waals surface area contributed by atoms with Crippen LogP contribution in [0.1, 0.15) is 40.9 Å². The molecule has 17 heavy (non-hydrogen) atoms. The lowest BCUT2D eigenvalue weighted by molar-refractivity contribution is 0.0989. The molecule has 1 aliphatic rings. The molecule has 0 aliphatic heterocycles. The van der Waals surface area contributed by atoms with Crippen LogP contribution in [0, 0.1) is 0 Å². The molecule has 1 saturated carbocycles. The van der Waals surface area contributed by atoms with Crippen LogP contribution in [-0.4, -0.2) is 20.6 Å². The molecule has 2 heterocycles. The maximum Gasteiger partial charge on any atom is 0.271 e. The second kappa shape index (κ2) is 3.73. The van der Waals surface area contributed by atoms with Gasteiger partial charge in [-0.1, -0.05) is 5.16 Å². The molecule has 0 spiro atoms. The molecule has 0 aromatic carbocycles. The highest BCUT2D eigenvalue weighted by Gasteiger charge is 2.35. The van der Waals surface area contributed by atoms with Crippen LogP contribution < -0.4 is 5.73 Å². The summed E-state index contributed by atoms with van der Waals surface area (Å²) in [5.74, 6) is -0.226. The molecule has 1 aliphatic carbocycles. The van der Waals surface area contributed by atoms with E-state index in [2.05, 4.69) is 14.7 Å². The predicted molar refractivity (Wildman–Crippen MR) is 58.3 cm³/mol. The molecule has 0 saturated heterocycles. The quantitative estimate of drug-likeness (QED) is 0.858. The lowest BCUT2D eigenvalue weighted by Crippen LogP contribution is -2.26. The highest BCUT2D eigenvalue weighted by Crippen LogP contribution is 2.45. The van der Waals surface area contributed by atoms with E-state index in [1.54, 1.807) is 6.20 Å². The summed E-state index contributed by atoms with van der Waals surface area (Å²) in [7, 11) is 0. The molecule has 2 N–H and O–H groups in total. The highest BCUT2D eigenvalue weighted by molar-refractivity contribution is 5.92. The molecule has 1 amide bonds. The minimum absolute atomic E-state index is 0.263. The minimum atomic E-state index is -0.528. The Morgan fingerprint density at radius 2 is 2.35 bits per heavy atom. The Labute approximate surface area is 97.4 Å². The summed E-state index contributed by atoms with van der Waals surface area (Å²) in [5, 5.41) is 3.64. The first-order valence-electron chi connectivity index (χ1n) is 5.47. The lowest BCUT2D eigenvalue weighted by Gasteiger charge is -2.35. The van der Waals surface area contributed by atoms with Gasteiger partial charge in [-0.2, -0.15) is 0 Å². The number of rotatable bonds is 3. The van der Waals surface area contributed by atoms with Gasteiger partial charge in [0, 0.05) is 24.0 Å². The van der Waals surface area contributed by atoms with Gasteiger partial charge in [0.25, 0.3) is 5.91 Å². The fraction of sp³-hybridized carbons (Fsp3) is 0.364. The normalized spacial score (nSPS) is 23.3. The highest BCUT2D eigenvalue weighted by atomic mass is 16.5. The topological polar surface area (TPSA) is 86.9 Å². The number of aromatic nitrogens is 3. The average Bonchev–Trinajstić information content (AvgIpc) is 2.84. The summed E-state index contributed by atoms with van der Waals surface area (Å²) >= 11 is 0. The van der Waals surface area contributed by atoms with Crippen molar-refractivity contribution in [2.24, 2.45) is 5.73 Å². The van der Waals surface area contributed by atoms with E-state index in [9.17, 15) is 4.79 Å². The standard InChI is InChI=1S/C11H12N4O2/c12-11(16)10-9(5-17-14-10)7-3-8(4-7)15-2-1-13-6-15/h1-2,5-8H,3-4H2,(H2,12,16). The summed E-state index contributed by atoms with van der Waals surface area (Å²) in [6, 6.07) is 0.443. The smallest absolute Gasteiger partial charge is 0.271 e. The molecular weight excluding hydrogens is 220 g/mol. The molecule has 2 aromatic heterocycles. The monoisotopic (exact) mass is 232 g/mol. The number of hydrogen-bond acceptors (Lipinski definition) is 4. The number of primary amides is 1. The Kier molecular flexibility index (Phi) is 2.21. The van der Waals surface area contributed by atoms with Crippen LogP contribution in [0.15, 0.2) is 29.5 Å². The molecule has 3 rings (SSSR count). The van der Waals surface area contributed by atoms with Gasteiger partial charge in [0.1, 0.15) is 6.26 Å². The summed E-state index contributed by atoms with van der Waals surface area (Å²) < 4.78 is 6.90. The van der Waals surface area contributed by atoms with Crippen molar-refractivity contribution in [1.29, 1.82) is 0 Å². The molecule has 0 unspecified atom stereocenters. The molecule has 6 heteroatoms. The van der Waals surface area contributed by atoms with E-state index in [0.29, 0.717) is 12.0 Å². The predicted octanol–water partition coefficient (Wildman–Crippen LogP) is 1.09. The third-order valence-corrected chi connectivity index (χ3v) is 3.33. The van der Waals surface area contributed by atoms with Crippen molar-refractivity contribution in [3.63, 3.8) is 0 Å². The average molecular weight is 232 g/mol. The molecule has 0 radical (unpaired) electrons. The second-order valence-corrected chi connectivity index (χ2v) is 4.31. The first-order chi connectivity index (χ1) is 8.25. The van der Waals surface area contributed by atoms with Crippen molar-refractivity contribution in [3.8, 4) is 0 Å². The fourth-order valence-corrected chi connectivity index (χ4v) is 2.29. The Morgan fingerprint density at radius 1 is 1.53 bits per heavy atom. The van der Waals surface area contributed by atoms with Crippen molar-refractivity contribution in [2.75, 3.05) is 0 Å². The number of amides is 1. The van der Waals surface area contributed by atoms with E-state index < -0.39 is 5.91 Å². The van der Waals surface area contributed by atoms with E-state index in [4.69, 9.17) is 10.3 Å². The van der Waals surface area contributed by atoms with Crippen LogP contribution in [0.25, 0.3) is 0 Å². The van der Waals surface area contributed by atoms with Crippen molar-refractivity contribution < 1.29 is 9.32 Å². The Balaban J connectivity index is 1.73. The van der Waals surface area contributed by atoms with Crippen molar-refractivity contribution in [1.82, 2.24) is 14.7 Å². The van der Waals surface area contributed by atoms with Crippen molar-refractivity contribution in [3.05, 3.63) is 36.2 Å². The van der Waals surface area contributed by atoms with Gasteiger partial charge in [0.2, 0.25) is 0 Å². The van der Waals surface area contributed by atoms with Gasteiger partial charge in [-0.25, -0.2) is 4.98 Å². The Morgan fingerprint density at radius 3 is 3.00 bits per heavy atom. The van der Waals surface area contributed by atoms with E-state index in [0.717, 1.165) is 18.4 Å². The largest absolute Gasteiger partial charge is 0.364 e. The Bertz CT molecular complexity index is 525. The Hall–Kier alpha value is -2.11. The zero-order valence-corrected chi connectivity index (χ0v) is 9.11. The number of carbonyl (C=O) groups excluding carboxylic acids is 1. The maximum atomic E-state index is 11.1. The maximum absolute atomic E-state index is 11.1. The first-order valence-corrected chi connectivity index (χ1v) is 5.47. The van der Waals surface area contributed by atoms with Crippen LogP contribution in [-0.2, 0) is 0 Å². The number of nitrogens with zero attached hydrogens (tertiary/aromatic N) is 3. The van der Waals surface area contributed by atoms with Crippen LogP contribution in [0.3, 0.4) is 0 Å². The molecule has 0 bridgehead atoms. The summed E-state index contributed by atoms with van der Waals surface area (Å²) in [6.07, 6.45) is 8.96. The van der Waals surface area contributed by atoms with Crippen molar-refractivity contribution in [2.45, 2.75) is 24.8 Å². The summed E-state index contributed by atoms with van der Waals surface area (Å²) in [5.41, 5.74) is 6.32. The molecule has 1 fully saturated rings. The van der Waals surface area contributed by atoms with Gasteiger partial charge in [0.05, 0.1) is 6.33 Å². The molecular formula is C11H12N4O2. The van der Waals surface area contributed by atoms with E-state index in [-0.39, 0.29) is 5.69 Å². The number of carbonyl (C=O) groups is 1. The first kappa shape index (κ1) is 10.1. The van der Waals surface area contributed by atoms with E-state index in [1.807, 2.05) is 12.5 Å². The summed E-state index contributed by atoms with van der Waals surface area (Å²) in [6.45, 7) is 0. The zero-order chi connectivity index (χ0) is 11.8. The van der Waals surface area contributed by atoms with Crippen LogP contribution in [0.2, 0.25) is 0 Å². The van der Waals surface area contributed by atoms with Gasteiger partial charge in [-0.05, 0) is 18.8 Å². The van der Waals surface area contributed by atoms with Crippen LogP contribution >= 0.6 is 0 Å². The van der Waals surface area contributed by atoms with E-state index >= 15 is 0 Å². The number of nitrogens with two attached hydrogens (primary N) is 1. The van der Waals surface area contributed by atoms with Gasteiger partial charge in [-0.3, -0.25) is 4.79 Å². The molecule has 88 valence electrons. The number of imidazole rings is 1. The van der Waals surface area contributed by atoms with Gasteiger partial charge in [0.15, 0.2) is 5.69 Å². The third-order valence-electron chi connectivity index (χ3n) is 3.33. The zero-order valence-electron chi connectivity index (χ0n) is 9.11. The van der Waals surface area contributed by atoms with E-state index in [1.165, 1.54) is 6.26 Å². The second-order valence-electron chi connectivity index (χ2n) is 4.31. The van der Waals surface area contributed by atoms with Crippen LogP contribution in [0.5, 0.6) is 0 Å². The molecule has 0 atom stereocenters. The van der Waals surface area contributed by atoms with Crippen molar-refractivity contribution >= 4 is 5.91 Å². The number of hydrogen-bond donors (Lipinski definition) is 1. The van der Waals surface area contributed by atoms with Crippen LogP contribution in [0.4, 0.5) is 0 Å². The lowest BCUT2D eigenvalue weighted by atomic mass is 9.76. The van der Waals surface area contributed by atoms with Gasteiger partial charge < -0.3 is 14.8 Å². The van der Waals surface area contributed by atoms with Gasteiger partial charge >= 0.3 is 0 Å². The minimum Gasteiger partial charge on any atom is -0.364 e. The summed E-state index contributed by atoms with van der Waals surface area (Å²) in [4.78, 5) is 15.1. The fourth-order valence-electron chi connectivity index (χ4n) is 2.29.